The van der Waals surface area contributed by atoms with Crippen LogP contribution in [0.1, 0.15) is 16.1 Å². The molecule has 0 saturated carbocycles. The number of benzene rings is 1. The molecule has 0 bridgehead atoms. The smallest absolute Gasteiger partial charge is 0.0638 e. The van der Waals surface area contributed by atoms with Crippen LogP contribution in [0.15, 0.2) is 48.7 Å². The Bertz CT molecular complexity index is 713. The van der Waals surface area contributed by atoms with E-state index in [2.05, 4.69) is 66.0 Å². The van der Waals surface area contributed by atoms with E-state index in [1.807, 2.05) is 23.1 Å². The fourth-order valence-corrected chi connectivity index (χ4v) is 3.36. The van der Waals surface area contributed by atoms with Gasteiger partial charge in [-0.3, -0.25) is 4.68 Å². The molecule has 21 heavy (non-hydrogen) atoms. The molecule has 3 nitrogen and oxygen atoms in total. The van der Waals surface area contributed by atoms with Crippen molar-refractivity contribution in [3.63, 3.8) is 0 Å². The van der Waals surface area contributed by atoms with Crippen LogP contribution in [0.2, 0.25) is 0 Å². The zero-order valence-electron chi connectivity index (χ0n) is 12.3. The van der Waals surface area contributed by atoms with Gasteiger partial charge in [-0.05, 0) is 24.6 Å². The van der Waals surface area contributed by atoms with E-state index >= 15 is 0 Å². The first-order valence-corrected chi connectivity index (χ1v) is 7.88. The van der Waals surface area contributed by atoms with Gasteiger partial charge in [-0.25, -0.2) is 0 Å². The SMILES string of the molecule is Cc1nn(C)cc1CNCc1ccc(-c2ccccc2)s1. The van der Waals surface area contributed by atoms with Gasteiger partial charge in [0.2, 0.25) is 0 Å². The molecule has 2 heterocycles. The Kier molecular flexibility index (Phi) is 4.18. The number of hydrogen-bond acceptors (Lipinski definition) is 3. The quantitative estimate of drug-likeness (QED) is 0.777. The van der Waals surface area contributed by atoms with Crippen LogP contribution in [-0.2, 0) is 20.1 Å². The fraction of sp³-hybridized carbons (Fsp3) is 0.235. The average Bonchev–Trinajstić information content (AvgIpc) is 3.07. The lowest BCUT2D eigenvalue weighted by Crippen LogP contribution is -2.11. The van der Waals surface area contributed by atoms with Gasteiger partial charge in [0, 0.05) is 41.7 Å². The number of nitrogens with one attached hydrogen (secondary N) is 1. The molecule has 1 aromatic carbocycles. The standard InChI is InChI=1S/C17H19N3S/c1-13-15(12-20(2)19-13)10-18-11-16-8-9-17(21-16)14-6-4-3-5-7-14/h3-9,12,18H,10-11H2,1-2H3. The molecule has 1 N–H and O–H groups in total. The van der Waals surface area contributed by atoms with Gasteiger partial charge in [-0.1, -0.05) is 30.3 Å². The first kappa shape index (κ1) is 14.0. The first-order valence-electron chi connectivity index (χ1n) is 7.06. The van der Waals surface area contributed by atoms with E-state index in [4.69, 9.17) is 0 Å². The summed E-state index contributed by atoms with van der Waals surface area (Å²) in [5.41, 5.74) is 3.65. The van der Waals surface area contributed by atoms with Crippen LogP contribution < -0.4 is 5.32 Å². The van der Waals surface area contributed by atoms with Crippen LogP contribution in [0.5, 0.6) is 0 Å². The lowest BCUT2D eigenvalue weighted by atomic mass is 10.2. The molecule has 0 aliphatic rings. The second-order valence-electron chi connectivity index (χ2n) is 5.15. The molecule has 0 fully saturated rings. The maximum absolute atomic E-state index is 4.36. The minimum Gasteiger partial charge on any atom is -0.308 e. The van der Waals surface area contributed by atoms with Gasteiger partial charge in [0.05, 0.1) is 5.69 Å². The number of aromatic nitrogens is 2. The molecule has 0 spiro atoms. The molecule has 0 radical (unpaired) electrons. The second kappa shape index (κ2) is 6.24. The van der Waals surface area contributed by atoms with E-state index < -0.39 is 0 Å². The number of rotatable bonds is 5. The van der Waals surface area contributed by atoms with Gasteiger partial charge < -0.3 is 5.32 Å². The highest BCUT2D eigenvalue weighted by Gasteiger charge is 2.04. The predicted molar refractivity (Wildman–Crippen MR) is 88.2 cm³/mol. The molecule has 3 rings (SSSR count). The third-order valence-electron chi connectivity index (χ3n) is 3.45. The van der Waals surface area contributed by atoms with E-state index in [0.717, 1.165) is 18.8 Å². The summed E-state index contributed by atoms with van der Waals surface area (Å²) in [5.74, 6) is 0. The number of aryl methyl sites for hydroxylation is 2. The molecular formula is C17H19N3S. The molecule has 0 unspecified atom stereocenters. The first-order chi connectivity index (χ1) is 10.2. The molecule has 108 valence electrons. The van der Waals surface area contributed by atoms with Crippen LogP contribution in [0.25, 0.3) is 10.4 Å². The fourth-order valence-electron chi connectivity index (χ4n) is 2.37. The van der Waals surface area contributed by atoms with Crippen LogP contribution in [-0.4, -0.2) is 9.78 Å². The van der Waals surface area contributed by atoms with Crippen LogP contribution >= 0.6 is 11.3 Å². The average molecular weight is 297 g/mol. The monoisotopic (exact) mass is 297 g/mol. The van der Waals surface area contributed by atoms with Crippen molar-refractivity contribution in [1.82, 2.24) is 15.1 Å². The minimum absolute atomic E-state index is 0.859. The van der Waals surface area contributed by atoms with E-state index in [1.165, 1.54) is 20.9 Å². The molecule has 2 aromatic heterocycles. The van der Waals surface area contributed by atoms with Crippen LogP contribution in [0, 0.1) is 6.92 Å². The van der Waals surface area contributed by atoms with Gasteiger partial charge >= 0.3 is 0 Å². The zero-order valence-corrected chi connectivity index (χ0v) is 13.2. The van der Waals surface area contributed by atoms with Gasteiger partial charge in [-0.15, -0.1) is 11.3 Å². The van der Waals surface area contributed by atoms with Gasteiger partial charge in [0.1, 0.15) is 0 Å². The number of nitrogens with zero attached hydrogens (tertiary/aromatic N) is 2. The Hall–Kier alpha value is -1.91. The highest BCUT2D eigenvalue weighted by molar-refractivity contribution is 7.15. The normalized spacial score (nSPS) is 11.0. The largest absolute Gasteiger partial charge is 0.308 e. The molecule has 0 aliphatic carbocycles. The van der Waals surface area contributed by atoms with Crippen molar-refractivity contribution in [2.75, 3.05) is 0 Å². The number of thiophene rings is 1. The summed E-state index contributed by atoms with van der Waals surface area (Å²) in [6.45, 7) is 3.81. The maximum Gasteiger partial charge on any atom is 0.0638 e. The summed E-state index contributed by atoms with van der Waals surface area (Å²) in [7, 11) is 1.96. The Morgan fingerprint density at radius 2 is 1.90 bits per heavy atom. The third kappa shape index (κ3) is 3.40. The van der Waals surface area contributed by atoms with Gasteiger partial charge in [-0.2, -0.15) is 5.10 Å². The lowest BCUT2D eigenvalue weighted by Gasteiger charge is -2.01. The van der Waals surface area contributed by atoms with E-state index in [0.29, 0.717) is 0 Å². The summed E-state index contributed by atoms with van der Waals surface area (Å²) < 4.78 is 1.87. The lowest BCUT2D eigenvalue weighted by molar-refractivity contribution is 0.697. The van der Waals surface area contributed by atoms with Crippen molar-refractivity contribution in [3.05, 3.63) is 64.8 Å². The van der Waals surface area contributed by atoms with Gasteiger partial charge in [0.15, 0.2) is 0 Å². The number of hydrogen-bond donors (Lipinski definition) is 1. The summed E-state index contributed by atoms with van der Waals surface area (Å²) in [5, 5.41) is 7.85. The Labute approximate surface area is 129 Å². The van der Waals surface area contributed by atoms with Crippen LogP contribution in [0.4, 0.5) is 0 Å². The van der Waals surface area contributed by atoms with E-state index in [9.17, 15) is 0 Å². The summed E-state index contributed by atoms with van der Waals surface area (Å²) >= 11 is 1.85. The molecule has 3 aromatic rings. The maximum atomic E-state index is 4.36. The van der Waals surface area contributed by atoms with Crippen molar-refractivity contribution in [2.45, 2.75) is 20.0 Å². The summed E-state index contributed by atoms with van der Waals surface area (Å²) in [6.07, 6.45) is 2.08. The van der Waals surface area contributed by atoms with Crippen molar-refractivity contribution in [2.24, 2.45) is 7.05 Å². The van der Waals surface area contributed by atoms with E-state index in [-0.39, 0.29) is 0 Å². The van der Waals surface area contributed by atoms with Gasteiger partial charge in [0.25, 0.3) is 0 Å². The minimum atomic E-state index is 0.859. The summed E-state index contributed by atoms with van der Waals surface area (Å²) in [4.78, 5) is 2.68. The topological polar surface area (TPSA) is 29.9 Å². The zero-order chi connectivity index (χ0) is 14.7. The molecular weight excluding hydrogens is 278 g/mol. The second-order valence-corrected chi connectivity index (χ2v) is 6.32. The van der Waals surface area contributed by atoms with Crippen molar-refractivity contribution in [1.29, 1.82) is 0 Å². The van der Waals surface area contributed by atoms with Crippen molar-refractivity contribution >= 4 is 11.3 Å². The Morgan fingerprint density at radius 3 is 2.62 bits per heavy atom. The summed E-state index contributed by atoms with van der Waals surface area (Å²) in [6, 6.07) is 14.9. The predicted octanol–water partition coefficient (Wildman–Crippen LogP) is 3.75. The van der Waals surface area contributed by atoms with Crippen molar-refractivity contribution in [3.8, 4) is 10.4 Å². The van der Waals surface area contributed by atoms with Crippen LogP contribution in [0.3, 0.4) is 0 Å². The molecule has 0 atom stereocenters. The molecule has 4 heteroatoms. The van der Waals surface area contributed by atoms with Crippen molar-refractivity contribution < 1.29 is 0 Å². The van der Waals surface area contributed by atoms with E-state index in [1.54, 1.807) is 0 Å². The Balaban J connectivity index is 1.59. The highest BCUT2D eigenvalue weighted by Crippen LogP contribution is 2.27. The highest BCUT2D eigenvalue weighted by atomic mass is 32.1. The Morgan fingerprint density at radius 1 is 1.10 bits per heavy atom. The molecule has 0 aliphatic heterocycles. The molecule has 0 amide bonds. The third-order valence-corrected chi connectivity index (χ3v) is 4.58. The molecule has 0 saturated heterocycles.